The van der Waals surface area contributed by atoms with Crippen molar-refractivity contribution in [2.45, 2.75) is 26.3 Å². The molecule has 11 heavy (non-hydrogen) atoms. The fraction of sp³-hybridized carbons (Fsp3) is 0.625. The van der Waals surface area contributed by atoms with Crippen molar-refractivity contribution in [1.29, 1.82) is 0 Å². The van der Waals surface area contributed by atoms with E-state index in [1.807, 2.05) is 0 Å². The Labute approximate surface area is 66.6 Å². The largest absolute Gasteiger partial charge is 0.447 e. The molecule has 0 saturated heterocycles. The van der Waals surface area contributed by atoms with Crippen LogP contribution in [0.25, 0.3) is 0 Å². The zero-order valence-corrected chi connectivity index (χ0v) is 6.95. The summed E-state index contributed by atoms with van der Waals surface area (Å²) in [6.45, 7) is 4.26. The number of hydrogen-bond acceptors (Lipinski definition) is 3. The standard InChI is InChI=1S/C8H14N2O/c1-6(2)5-7(9)8-10-3-4-11-8/h3-4,6-7H,5,9H2,1-2H3/t7-/m0/s1. The van der Waals surface area contributed by atoms with Gasteiger partial charge in [0.25, 0.3) is 0 Å². The molecule has 1 heterocycles. The summed E-state index contributed by atoms with van der Waals surface area (Å²) in [6.07, 6.45) is 4.09. The second-order valence-electron chi connectivity index (χ2n) is 3.11. The van der Waals surface area contributed by atoms with Crippen LogP contribution in [0.5, 0.6) is 0 Å². The van der Waals surface area contributed by atoms with E-state index < -0.39 is 0 Å². The van der Waals surface area contributed by atoms with Crippen LogP contribution in [0.3, 0.4) is 0 Å². The second kappa shape index (κ2) is 3.53. The molecule has 0 radical (unpaired) electrons. The molecule has 3 nitrogen and oxygen atoms in total. The minimum absolute atomic E-state index is 0.0509. The minimum atomic E-state index is -0.0509. The lowest BCUT2D eigenvalue weighted by Gasteiger charge is -2.09. The summed E-state index contributed by atoms with van der Waals surface area (Å²) < 4.78 is 5.06. The molecule has 62 valence electrons. The zero-order valence-electron chi connectivity index (χ0n) is 6.95. The Morgan fingerprint density at radius 2 is 2.36 bits per heavy atom. The SMILES string of the molecule is CC(C)C[C@H](N)c1ncco1. The molecule has 1 aromatic rings. The van der Waals surface area contributed by atoms with Crippen LogP contribution in [-0.4, -0.2) is 4.98 Å². The molecule has 0 saturated carbocycles. The minimum Gasteiger partial charge on any atom is -0.447 e. The second-order valence-corrected chi connectivity index (χ2v) is 3.11. The molecule has 1 atom stereocenters. The van der Waals surface area contributed by atoms with Gasteiger partial charge in [0.2, 0.25) is 5.89 Å². The van der Waals surface area contributed by atoms with Crippen molar-refractivity contribution < 1.29 is 4.42 Å². The van der Waals surface area contributed by atoms with E-state index in [1.54, 1.807) is 12.5 Å². The Morgan fingerprint density at radius 1 is 1.64 bits per heavy atom. The fourth-order valence-electron chi connectivity index (χ4n) is 1.03. The summed E-state index contributed by atoms with van der Waals surface area (Å²) in [7, 11) is 0. The first-order chi connectivity index (χ1) is 5.20. The van der Waals surface area contributed by atoms with Crippen molar-refractivity contribution in [3.05, 3.63) is 18.4 Å². The molecule has 1 aromatic heterocycles. The molecule has 3 heteroatoms. The van der Waals surface area contributed by atoms with Crippen LogP contribution in [0.1, 0.15) is 32.2 Å². The molecule has 0 aromatic carbocycles. The highest BCUT2D eigenvalue weighted by molar-refractivity contribution is 4.88. The first kappa shape index (κ1) is 8.27. The molecule has 0 spiro atoms. The number of hydrogen-bond donors (Lipinski definition) is 1. The van der Waals surface area contributed by atoms with E-state index in [2.05, 4.69) is 18.8 Å². The van der Waals surface area contributed by atoms with Crippen LogP contribution in [0.4, 0.5) is 0 Å². The van der Waals surface area contributed by atoms with Gasteiger partial charge >= 0.3 is 0 Å². The summed E-state index contributed by atoms with van der Waals surface area (Å²) in [5, 5.41) is 0. The summed E-state index contributed by atoms with van der Waals surface area (Å²) in [5.74, 6) is 1.22. The lowest BCUT2D eigenvalue weighted by atomic mass is 10.0. The van der Waals surface area contributed by atoms with Gasteiger partial charge in [-0.1, -0.05) is 13.8 Å². The third kappa shape index (κ3) is 2.35. The highest BCUT2D eigenvalue weighted by Gasteiger charge is 2.11. The Kier molecular flexibility index (Phi) is 2.65. The van der Waals surface area contributed by atoms with Gasteiger partial charge in [0.05, 0.1) is 12.2 Å². The average molecular weight is 154 g/mol. The van der Waals surface area contributed by atoms with Gasteiger partial charge in [-0.15, -0.1) is 0 Å². The van der Waals surface area contributed by atoms with Crippen LogP contribution in [0, 0.1) is 5.92 Å². The van der Waals surface area contributed by atoms with Gasteiger partial charge in [0.15, 0.2) is 0 Å². The van der Waals surface area contributed by atoms with E-state index in [9.17, 15) is 0 Å². The molecule has 1 rings (SSSR count). The van der Waals surface area contributed by atoms with Crippen LogP contribution in [0.2, 0.25) is 0 Å². The lowest BCUT2D eigenvalue weighted by molar-refractivity contribution is 0.402. The summed E-state index contributed by atoms with van der Waals surface area (Å²) in [4.78, 5) is 3.98. The molecule has 0 aliphatic carbocycles. The molecule has 0 aliphatic rings. The van der Waals surface area contributed by atoms with Gasteiger partial charge in [-0.3, -0.25) is 0 Å². The molecule has 0 bridgehead atoms. The fourth-order valence-corrected chi connectivity index (χ4v) is 1.03. The molecular weight excluding hydrogens is 140 g/mol. The highest BCUT2D eigenvalue weighted by atomic mass is 16.3. The van der Waals surface area contributed by atoms with E-state index in [1.165, 1.54) is 0 Å². The van der Waals surface area contributed by atoms with Gasteiger partial charge in [-0.05, 0) is 12.3 Å². The summed E-state index contributed by atoms with van der Waals surface area (Å²) >= 11 is 0. The van der Waals surface area contributed by atoms with Crippen molar-refractivity contribution >= 4 is 0 Å². The number of aromatic nitrogens is 1. The summed E-state index contributed by atoms with van der Waals surface area (Å²) in [6, 6.07) is -0.0509. The normalized spacial score (nSPS) is 13.8. The van der Waals surface area contributed by atoms with E-state index in [0.29, 0.717) is 11.8 Å². The summed E-state index contributed by atoms with van der Waals surface area (Å²) in [5.41, 5.74) is 5.78. The molecule has 0 unspecified atom stereocenters. The molecule has 0 fully saturated rings. The van der Waals surface area contributed by atoms with E-state index >= 15 is 0 Å². The topological polar surface area (TPSA) is 52.0 Å². The van der Waals surface area contributed by atoms with Gasteiger partial charge in [-0.2, -0.15) is 0 Å². The number of oxazole rings is 1. The maximum absolute atomic E-state index is 5.78. The number of nitrogens with two attached hydrogens (primary N) is 1. The Morgan fingerprint density at radius 3 is 2.82 bits per heavy atom. The third-order valence-corrected chi connectivity index (χ3v) is 1.49. The van der Waals surface area contributed by atoms with Crippen molar-refractivity contribution in [3.63, 3.8) is 0 Å². The predicted octanol–water partition coefficient (Wildman–Crippen LogP) is 1.72. The van der Waals surface area contributed by atoms with Crippen molar-refractivity contribution in [2.24, 2.45) is 11.7 Å². The van der Waals surface area contributed by atoms with Gasteiger partial charge in [0, 0.05) is 0 Å². The predicted molar refractivity (Wildman–Crippen MR) is 42.9 cm³/mol. The van der Waals surface area contributed by atoms with E-state index in [4.69, 9.17) is 10.2 Å². The van der Waals surface area contributed by atoms with Gasteiger partial charge in [0.1, 0.15) is 6.26 Å². The van der Waals surface area contributed by atoms with Gasteiger partial charge < -0.3 is 10.2 Å². The molecular formula is C8H14N2O. The number of nitrogens with zero attached hydrogens (tertiary/aromatic N) is 1. The zero-order chi connectivity index (χ0) is 8.27. The van der Waals surface area contributed by atoms with Crippen molar-refractivity contribution in [3.8, 4) is 0 Å². The van der Waals surface area contributed by atoms with E-state index in [-0.39, 0.29) is 6.04 Å². The highest BCUT2D eigenvalue weighted by Crippen LogP contribution is 2.15. The maximum Gasteiger partial charge on any atom is 0.210 e. The maximum atomic E-state index is 5.78. The lowest BCUT2D eigenvalue weighted by Crippen LogP contribution is -2.12. The first-order valence-corrected chi connectivity index (χ1v) is 3.85. The molecule has 2 N–H and O–H groups in total. The van der Waals surface area contributed by atoms with Crippen LogP contribution < -0.4 is 5.73 Å². The number of rotatable bonds is 3. The van der Waals surface area contributed by atoms with Crippen molar-refractivity contribution in [1.82, 2.24) is 4.98 Å². The monoisotopic (exact) mass is 154 g/mol. The third-order valence-electron chi connectivity index (χ3n) is 1.49. The Hall–Kier alpha value is -0.830. The average Bonchev–Trinajstić information content (AvgIpc) is 2.35. The quantitative estimate of drug-likeness (QED) is 0.721. The molecule has 0 aliphatic heterocycles. The van der Waals surface area contributed by atoms with Gasteiger partial charge in [-0.25, -0.2) is 4.98 Å². The Bertz CT molecular complexity index is 194. The van der Waals surface area contributed by atoms with E-state index in [0.717, 1.165) is 6.42 Å². The van der Waals surface area contributed by atoms with Crippen LogP contribution in [0.15, 0.2) is 16.9 Å². The van der Waals surface area contributed by atoms with Crippen molar-refractivity contribution in [2.75, 3.05) is 0 Å². The first-order valence-electron chi connectivity index (χ1n) is 3.85. The van der Waals surface area contributed by atoms with Crippen LogP contribution >= 0.6 is 0 Å². The van der Waals surface area contributed by atoms with Crippen LogP contribution in [-0.2, 0) is 0 Å². The molecule has 0 amide bonds. The Balaban J connectivity index is 2.49. The smallest absolute Gasteiger partial charge is 0.210 e.